The first kappa shape index (κ1) is 23.3. The molecule has 0 N–H and O–H groups in total. The fraction of sp³-hybridized carbons (Fsp3) is 0.880. The molecule has 1 aliphatic carbocycles. The summed E-state index contributed by atoms with van der Waals surface area (Å²) < 4.78 is 11.5. The highest BCUT2D eigenvalue weighted by molar-refractivity contribution is 5.72. The molecule has 2 aliphatic heterocycles. The maximum absolute atomic E-state index is 11.8. The highest BCUT2D eigenvalue weighted by Crippen LogP contribution is 2.60. The monoisotopic (exact) mass is 392 g/mol. The third-order valence-electron chi connectivity index (χ3n) is 8.15. The summed E-state index contributed by atoms with van der Waals surface area (Å²) in [6, 6.07) is 0. The van der Waals surface area contributed by atoms with Crippen LogP contribution in [-0.4, -0.2) is 18.2 Å². The zero-order valence-electron chi connectivity index (χ0n) is 19.5. The molecule has 3 rings (SSSR count). The lowest BCUT2D eigenvalue weighted by molar-refractivity contribution is -0.159. The van der Waals surface area contributed by atoms with Crippen molar-refractivity contribution in [2.45, 2.75) is 112 Å². The van der Waals surface area contributed by atoms with E-state index in [1.54, 1.807) is 0 Å². The maximum atomic E-state index is 11.8. The largest absolute Gasteiger partial charge is 0.501 e. The Balaban J connectivity index is 0.00000136. The number of hydrogen-bond acceptors (Lipinski definition) is 3. The van der Waals surface area contributed by atoms with Crippen LogP contribution in [-0.2, 0) is 14.3 Å². The molecular formula is C25H44O3. The highest BCUT2D eigenvalue weighted by Gasteiger charge is 2.60. The van der Waals surface area contributed by atoms with Crippen LogP contribution >= 0.6 is 0 Å². The van der Waals surface area contributed by atoms with Crippen molar-refractivity contribution >= 4 is 5.97 Å². The van der Waals surface area contributed by atoms with Gasteiger partial charge >= 0.3 is 5.97 Å². The van der Waals surface area contributed by atoms with Crippen molar-refractivity contribution in [3.05, 3.63) is 11.8 Å². The average molecular weight is 393 g/mol. The van der Waals surface area contributed by atoms with Crippen molar-refractivity contribution in [3.8, 4) is 0 Å². The summed E-state index contributed by atoms with van der Waals surface area (Å²) in [5.74, 6) is 1.37. The Labute approximate surface area is 173 Å². The second kappa shape index (κ2) is 9.22. The number of carbonyl (C=O) groups excluding carboxylic acids is 1. The van der Waals surface area contributed by atoms with Gasteiger partial charge in [-0.2, -0.15) is 0 Å². The number of rotatable bonds is 6. The zero-order valence-corrected chi connectivity index (χ0v) is 19.5. The first-order valence-electron chi connectivity index (χ1n) is 11.8. The molecule has 2 unspecified atom stereocenters. The van der Waals surface area contributed by atoms with Gasteiger partial charge in [-0.1, -0.05) is 48.5 Å². The van der Waals surface area contributed by atoms with Crippen LogP contribution in [0.5, 0.6) is 0 Å². The van der Waals surface area contributed by atoms with Gasteiger partial charge in [-0.3, -0.25) is 4.79 Å². The van der Waals surface area contributed by atoms with Crippen LogP contribution < -0.4 is 0 Å². The van der Waals surface area contributed by atoms with Crippen LogP contribution in [0, 0.1) is 22.7 Å². The molecule has 1 saturated heterocycles. The molecule has 0 amide bonds. The summed E-state index contributed by atoms with van der Waals surface area (Å²) in [7, 11) is 0. The van der Waals surface area contributed by atoms with Crippen molar-refractivity contribution in [3.63, 3.8) is 0 Å². The van der Waals surface area contributed by atoms with Gasteiger partial charge in [0.05, 0.1) is 12.9 Å². The third-order valence-corrected chi connectivity index (χ3v) is 8.15. The summed E-state index contributed by atoms with van der Waals surface area (Å²) in [6.07, 6.45) is 11.7. The summed E-state index contributed by atoms with van der Waals surface area (Å²) in [5, 5.41) is 0. The molecule has 0 aromatic rings. The van der Waals surface area contributed by atoms with Crippen molar-refractivity contribution in [1.82, 2.24) is 0 Å². The summed E-state index contributed by atoms with van der Waals surface area (Å²) >= 11 is 0. The molecular weight excluding hydrogens is 348 g/mol. The first-order valence-corrected chi connectivity index (χ1v) is 11.8. The van der Waals surface area contributed by atoms with E-state index in [0.29, 0.717) is 18.3 Å². The zero-order chi connectivity index (χ0) is 21.0. The van der Waals surface area contributed by atoms with E-state index in [4.69, 9.17) is 9.47 Å². The average Bonchev–Trinajstić information content (AvgIpc) is 3.18. The van der Waals surface area contributed by atoms with Gasteiger partial charge in [-0.25, -0.2) is 0 Å². The second-order valence-corrected chi connectivity index (χ2v) is 10.0. The van der Waals surface area contributed by atoms with Gasteiger partial charge in [-0.15, -0.1) is 0 Å². The summed E-state index contributed by atoms with van der Waals surface area (Å²) in [5.41, 5.74) is 1.72. The fourth-order valence-corrected chi connectivity index (χ4v) is 5.77. The number of carbonyl (C=O) groups is 1. The molecule has 28 heavy (non-hydrogen) atoms. The molecule has 3 nitrogen and oxygen atoms in total. The van der Waals surface area contributed by atoms with Gasteiger partial charge in [0.1, 0.15) is 5.60 Å². The van der Waals surface area contributed by atoms with Crippen molar-refractivity contribution in [2.75, 3.05) is 6.61 Å². The topological polar surface area (TPSA) is 35.5 Å². The van der Waals surface area contributed by atoms with Crippen molar-refractivity contribution in [2.24, 2.45) is 22.7 Å². The maximum Gasteiger partial charge on any atom is 0.306 e. The Bertz CT molecular complexity index is 564. The lowest BCUT2D eigenvalue weighted by Gasteiger charge is -2.43. The minimum atomic E-state index is -0.176. The molecule has 2 fully saturated rings. The first-order chi connectivity index (χ1) is 13.2. The lowest BCUT2D eigenvalue weighted by Crippen LogP contribution is -2.44. The van der Waals surface area contributed by atoms with E-state index in [1.165, 1.54) is 24.8 Å². The summed E-state index contributed by atoms with van der Waals surface area (Å²) in [6.45, 7) is 16.6. The Morgan fingerprint density at radius 2 is 1.89 bits per heavy atom. The fourth-order valence-electron chi connectivity index (χ4n) is 5.77. The number of esters is 1. The van der Waals surface area contributed by atoms with E-state index in [2.05, 4.69) is 34.6 Å². The predicted octanol–water partition coefficient (Wildman–Crippen LogP) is 7.05. The van der Waals surface area contributed by atoms with Crippen LogP contribution in [0.4, 0.5) is 0 Å². The van der Waals surface area contributed by atoms with E-state index < -0.39 is 0 Å². The van der Waals surface area contributed by atoms with Gasteiger partial charge < -0.3 is 9.47 Å². The number of allylic oxidation sites excluding steroid dienone is 1. The van der Waals surface area contributed by atoms with Crippen LogP contribution in [0.25, 0.3) is 0 Å². The van der Waals surface area contributed by atoms with E-state index in [0.717, 1.165) is 38.7 Å². The lowest BCUT2D eigenvalue weighted by atomic mass is 9.65. The minimum absolute atomic E-state index is 0.0184. The van der Waals surface area contributed by atoms with E-state index >= 15 is 0 Å². The molecule has 3 aliphatic rings. The molecule has 1 saturated carbocycles. The second-order valence-electron chi connectivity index (χ2n) is 10.0. The molecule has 1 spiro atoms. The Morgan fingerprint density at radius 1 is 1.18 bits per heavy atom. The number of ether oxygens (including phenoxy) is 2. The molecule has 4 atom stereocenters. The Kier molecular flexibility index (Phi) is 7.67. The van der Waals surface area contributed by atoms with E-state index in [9.17, 15) is 4.79 Å². The Morgan fingerprint density at radius 3 is 2.46 bits per heavy atom. The molecule has 0 radical (unpaired) electrons. The molecule has 0 aromatic carbocycles. The van der Waals surface area contributed by atoms with Gasteiger partial charge in [-0.05, 0) is 74.2 Å². The van der Waals surface area contributed by atoms with Crippen LogP contribution in [0.15, 0.2) is 11.8 Å². The van der Waals surface area contributed by atoms with Crippen LogP contribution in [0.3, 0.4) is 0 Å². The van der Waals surface area contributed by atoms with E-state index in [-0.39, 0.29) is 22.4 Å². The van der Waals surface area contributed by atoms with Crippen molar-refractivity contribution in [1.29, 1.82) is 0 Å². The SMILES string of the molecule is CC.CC[C@@]1(C)C(CC(C)CCC2=COCCC2(C)C)CC[C@@]12CCC(=O)O2. The van der Waals surface area contributed by atoms with Gasteiger partial charge in [0.15, 0.2) is 0 Å². The predicted molar refractivity (Wildman–Crippen MR) is 116 cm³/mol. The number of hydrogen-bond donors (Lipinski definition) is 0. The molecule has 0 aromatic heterocycles. The normalized spacial score (nSPS) is 34.9. The van der Waals surface area contributed by atoms with Gasteiger partial charge in [0.25, 0.3) is 0 Å². The highest BCUT2D eigenvalue weighted by atomic mass is 16.6. The molecule has 3 heteroatoms. The minimum Gasteiger partial charge on any atom is -0.501 e. The van der Waals surface area contributed by atoms with Gasteiger partial charge in [0.2, 0.25) is 0 Å². The summed E-state index contributed by atoms with van der Waals surface area (Å²) in [4.78, 5) is 11.8. The smallest absolute Gasteiger partial charge is 0.306 e. The standard InChI is InChI=1S/C23H38O3.C2H6/c1-6-22(5)18(9-11-23(22)12-10-20(24)26-23)15-17(2)7-8-19-16-25-14-13-21(19,3)4;1-2/h16-18H,6-15H2,1-5H3;1-2H3/t17?,18?,22-,23+;/m0./s1. The van der Waals surface area contributed by atoms with Crippen molar-refractivity contribution < 1.29 is 14.3 Å². The Hall–Kier alpha value is -0.990. The molecule has 2 heterocycles. The quantitative estimate of drug-likeness (QED) is 0.454. The van der Waals surface area contributed by atoms with Crippen LogP contribution in [0.2, 0.25) is 0 Å². The van der Waals surface area contributed by atoms with Crippen LogP contribution in [0.1, 0.15) is 106 Å². The van der Waals surface area contributed by atoms with E-state index in [1.807, 2.05) is 20.1 Å². The molecule has 162 valence electrons. The molecule has 0 bridgehead atoms. The van der Waals surface area contributed by atoms with Gasteiger partial charge in [0, 0.05) is 11.8 Å². The third kappa shape index (κ3) is 4.44.